The smallest absolute Gasteiger partial charge is 0.321 e. The summed E-state index contributed by atoms with van der Waals surface area (Å²) < 4.78 is 6.42. The minimum Gasteiger partial charge on any atom is -0.491 e. The molecule has 1 atom stereocenters. The molecule has 2 N–H and O–H groups in total. The topological polar surface area (TPSA) is 78.9 Å². The van der Waals surface area contributed by atoms with Crippen molar-refractivity contribution in [3.63, 3.8) is 0 Å². The monoisotopic (exact) mass is 370 g/mol. The van der Waals surface area contributed by atoms with Gasteiger partial charge in [-0.1, -0.05) is 15.9 Å². The summed E-state index contributed by atoms with van der Waals surface area (Å²) >= 11 is 3.38. The molecule has 7 heteroatoms. The lowest BCUT2D eigenvalue weighted by atomic mass is 10.1. The van der Waals surface area contributed by atoms with Crippen molar-refractivity contribution in [1.29, 1.82) is 0 Å². The van der Waals surface area contributed by atoms with Gasteiger partial charge in [-0.25, -0.2) is 4.79 Å². The first kappa shape index (κ1) is 16.6. The van der Waals surface area contributed by atoms with Gasteiger partial charge in [0.2, 0.25) is 0 Å². The maximum absolute atomic E-state index is 12.2. The van der Waals surface area contributed by atoms with E-state index in [-0.39, 0.29) is 18.7 Å². The van der Waals surface area contributed by atoms with Crippen molar-refractivity contribution in [2.75, 3.05) is 18.4 Å². The molecule has 1 aliphatic rings. The van der Waals surface area contributed by atoms with Crippen LogP contribution in [0.5, 0.6) is 5.75 Å². The van der Waals surface area contributed by atoms with Crippen LogP contribution in [0.4, 0.5) is 10.5 Å². The summed E-state index contributed by atoms with van der Waals surface area (Å²) in [4.78, 5) is 24.6. The molecular formula is C15H19BrN2O4. The average molecular weight is 371 g/mol. The fourth-order valence-electron chi connectivity index (χ4n) is 2.32. The van der Waals surface area contributed by atoms with E-state index in [1.54, 1.807) is 12.1 Å². The van der Waals surface area contributed by atoms with E-state index >= 15 is 0 Å². The summed E-state index contributed by atoms with van der Waals surface area (Å²) in [6.07, 6.45) is 0.524. The number of amides is 2. The molecule has 2 amide bonds. The van der Waals surface area contributed by atoms with Gasteiger partial charge in [0.05, 0.1) is 12.0 Å². The molecule has 2 rings (SSSR count). The third-order valence-electron chi connectivity index (χ3n) is 3.32. The van der Waals surface area contributed by atoms with E-state index in [0.29, 0.717) is 24.4 Å². The van der Waals surface area contributed by atoms with Gasteiger partial charge in [0.1, 0.15) is 5.75 Å². The lowest BCUT2D eigenvalue weighted by Gasteiger charge is -2.18. The molecule has 1 heterocycles. The number of nitrogens with one attached hydrogen (secondary N) is 1. The predicted octanol–water partition coefficient (Wildman–Crippen LogP) is 3.17. The second-order valence-corrected chi connectivity index (χ2v) is 6.46. The predicted molar refractivity (Wildman–Crippen MR) is 86.2 cm³/mol. The maximum atomic E-state index is 12.2. The highest BCUT2D eigenvalue weighted by atomic mass is 79.9. The Morgan fingerprint density at radius 1 is 1.41 bits per heavy atom. The second kappa shape index (κ2) is 7.00. The van der Waals surface area contributed by atoms with E-state index in [1.165, 1.54) is 4.90 Å². The van der Waals surface area contributed by atoms with Crippen molar-refractivity contribution in [2.24, 2.45) is 5.92 Å². The zero-order chi connectivity index (χ0) is 16.3. The number of hydrogen-bond acceptors (Lipinski definition) is 3. The molecule has 1 saturated heterocycles. The number of carboxylic acids is 1. The zero-order valence-electron chi connectivity index (χ0n) is 12.5. The van der Waals surface area contributed by atoms with E-state index in [2.05, 4.69) is 21.2 Å². The fraction of sp³-hybridized carbons (Fsp3) is 0.467. The summed E-state index contributed by atoms with van der Waals surface area (Å²) in [6, 6.07) is 5.05. The molecule has 0 saturated carbocycles. The number of carbonyl (C=O) groups excluding carboxylic acids is 1. The molecule has 1 unspecified atom stereocenters. The van der Waals surface area contributed by atoms with Crippen molar-refractivity contribution in [1.82, 2.24) is 4.90 Å². The molecule has 1 aliphatic heterocycles. The largest absolute Gasteiger partial charge is 0.491 e. The van der Waals surface area contributed by atoms with Crippen LogP contribution in [-0.2, 0) is 4.79 Å². The highest BCUT2D eigenvalue weighted by molar-refractivity contribution is 9.10. The summed E-state index contributed by atoms with van der Waals surface area (Å²) in [5.41, 5.74) is 0.605. The first-order valence-corrected chi connectivity index (χ1v) is 7.90. The highest BCUT2D eigenvalue weighted by Crippen LogP contribution is 2.26. The molecular weight excluding hydrogens is 352 g/mol. The van der Waals surface area contributed by atoms with Crippen LogP contribution >= 0.6 is 15.9 Å². The summed E-state index contributed by atoms with van der Waals surface area (Å²) in [7, 11) is 0. The molecule has 1 aromatic carbocycles. The fourth-order valence-corrected chi connectivity index (χ4v) is 2.80. The van der Waals surface area contributed by atoms with Crippen LogP contribution in [0.25, 0.3) is 0 Å². The van der Waals surface area contributed by atoms with E-state index < -0.39 is 11.9 Å². The average Bonchev–Trinajstić information content (AvgIpc) is 2.86. The van der Waals surface area contributed by atoms with Crippen LogP contribution in [0.2, 0.25) is 0 Å². The van der Waals surface area contributed by atoms with Crippen molar-refractivity contribution in [3.05, 3.63) is 22.7 Å². The number of halogens is 1. The van der Waals surface area contributed by atoms with Crippen LogP contribution in [-0.4, -0.2) is 41.2 Å². The van der Waals surface area contributed by atoms with Crippen molar-refractivity contribution >= 4 is 33.6 Å². The Labute approximate surface area is 137 Å². The number of anilines is 1. The Kier molecular flexibility index (Phi) is 5.28. The summed E-state index contributed by atoms with van der Waals surface area (Å²) in [5, 5.41) is 11.8. The van der Waals surface area contributed by atoms with E-state index in [9.17, 15) is 9.59 Å². The Bertz CT molecular complexity index is 577. The summed E-state index contributed by atoms with van der Waals surface area (Å²) in [5.74, 6) is -0.678. The molecule has 0 spiro atoms. The molecule has 0 radical (unpaired) electrons. The lowest BCUT2D eigenvalue weighted by molar-refractivity contribution is -0.141. The van der Waals surface area contributed by atoms with Crippen LogP contribution in [0.3, 0.4) is 0 Å². The van der Waals surface area contributed by atoms with Gasteiger partial charge in [0.15, 0.2) is 0 Å². The Hall–Kier alpha value is -1.76. The maximum Gasteiger partial charge on any atom is 0.321 e. The third-order valence-corrected chi connectivity index (χ3v) is 3.78. The van der Waals surface area contributed by atoms with E-state index in [1.807, 2.05) is 19.9 Å². The number of rotatable bonds is 4. The van der Waals surface area contributed by atoms with Gasteiger partial charge >= 0.3 is 12.0 Å². The van der Waals surface area contributed by atoms with Gasteiger partial charge in [-0.3, -0.25) is 4.79 Å². The Morgan fingerprint density at radius 3 is 2.73 bits per heavy atom. The van der Waals surface area contributed by atoms with Crippen LogP contribution in [0, 0.1) is 5.92 Å². The summed E-state index contributed by atoms with van der Waals surface area (Å²) in [6.45, 7) is 4.54. The molecule has 120 valence electrons. The van der Waals surface area contributed by atoms with Gasteiger partial charge in [-0.05, 0) is 32.4 Å². The van der Waals surface area contributed by atoms with Gasteiger partial charge in [0, 0.05) is 29.3 Å². The number of carboxylic acid groups (broad SMARTS) is 1. The first-order chi connectivity index (χ1) is 10.3. The van der Waals surface area contributed by atoms with Gasteiger partial charge < -0.3 is 20.1 Å². The van der Waals surface area contributed by atoms with Crippen molar-refractivity contribution < 1.29 is 19.4 Å². The Balaban J connectivity index is 2.02. The van der Waals surface area contributed by atoms with Crippen LogP contribution in [0.1, 0.15) is 20.3 Å². The van der Waals surface area contributed by atoms with Crippen molar-refractivity contribution in [2.45, 2.75) is 26.4 Å². The highest BCUT2D eigenvalue weighted by Gasteiger charge is 2.30. The van der Waals surface area contributed by atoms with Crippen LogP contribution in [0.15, 0.2) is 22.7 Å². The minimum atomic E-state index is -0.856. The SMILES string of the molecule is CC(C)Oc1cc(Br)cc(NC(=O)N2CCC(C(=O)O)C2)c1. The number of benzene rings is 1. The third kappa shape index (κ3) is 4.37. The number of nitrogens with zero attached hydrogens (tertiary/aromatic N) is 1. The molecule has 1 fully saturated rings. The lowest BCUT2D eigenvalue weighted by Crippen LogP contribution is -2.33. The number of hydrogen-bond donors (Lipinski definition) is 2. The van der Waals surface area contributed by atoms with Gasteiger partial charge in [-0.15, -0.1) is 0 Å². The molecule has 1 aromatic rings. The molecule has 22 heavy (non-hydrogen) atoms. The second-order valence-electron chi connectivity index (χ2n) is 5.54. The zero-order valence-corrected chi connectivity index (χ0v) is 14.1. The van der Waals surface area contributed by atoms with Gasteiger partial charge in [-0.2, -0.15) is 0 Å². The van der Waals surface area contributed by atoms with Gasteiger partial charge in [0.25, 0.3) is 0 Å². The first-order valence-electron chi connectivity index (χ1n) is 7.11. The number of aliphatic carboxylic acids is 1. The number of carbonyl (C=O) groups is 2. The normalized spacial score (nSPS) is 17.6. The van der Waals surface area contributed by atoms with E-state index in [4.69, 9.17) is 9.84 Å². The van der Waals surface area contributed by atoms with Crippen LogP contribution < -0.4 is 10.1 Å². The number of ether oxygens (including phenoxy) is 1. The molecule has 0 bridgehead atoms. The van der Waals surface area contributed by atoms with Crippen molar-refractivity contribution in [3.8, 4) is 5.75 Å². The number of likely N-dealkylation sites (tertiary alicyclic amines) is 1. The Morgan fingerprint density at radius 2 is 2.14 bits per heavy atom. The molecule has 0 aromatic heterocycles. The minimum absolute atomic E-state index is 0.0350. The number of urea groups is 1. The van der Waals surface area contributed by atoms with E-state index in [0.717, 1.165) is 4.47 Å². The standard InChI is InChI=1S/C15H19BrN2O4/c1-9(2)22-13-6-11(16)5-12(7-13)17-15(21)18-4-3-10(8-18)14(19)20/h5-7,9-10H,3-4,8H2,1-2H3,(H,17,21)(H,19,20). The quantitative estimate of drug-likeness (QED) is 0.852. The molecule has 6 nitrogen and oxygen atoms in total. The molecule has 0 aliphatic carbocycles.